The number of fused-ring (bicyclic) bond motifs is 1. The van der Waals surface area contributed by atoms with Crippen LogP contribution in [0.2, 0.25) is 0 Å². The summed E-state index contributed by atoms with van der Waals surface area (Å²) in [6.45, 7) is 4.71. The van der Waals surface area contributed by atoms with Gasteiger partial charge in [0.05, 0.1) is 11.4 Å². The van der Waals surface area contributed by atoms with Gasteiger partial charge in [0.15, 0.2) is 6.10 Å². The van der Waals surface area contributed by atoms with Crippen molar-refractivity contribution >= 4 is 35.1 Å². The van der Waals surface area contributed by atoms with Crippen LogP contribution in [0.25, 0.3) is 0 Å². The normalized spacial score (nSPS) is 22.1. The first kappa shape index (κ1) is 17.9. The number of ether oxygens (including phenoxy) is 1. The van der Waals surface area contributed by atoms with Crippen molar-refractivity contribution in [2.24, 2.45) is 0 Å². The number of carbonyl (C=O) groups excluding carboxylic acids is 4. The standard InChI is InChI=1S/C18H21N3O5/c1-10(26-16(24)12-8-9-14(22)19-12)15(23)21-13-7-5-4-6-11(13)20-17(25)18(21,2)3/h4-7,10,12H,8-9H2,1-3H3,(H,19,22)(H,20,25)/t10-,12+/m1/s1. The van der Waals surface area contributed by atoms with Crippen molar-refractivity contribution in [3.05, 3.63) is 24.3 Å². The summed E-state index contributed by atoms with van der Waals surface area (Å²) in [7, 11) is 0. The summed E-state index contributed by atoms with van der Waals surface area (Å²) >= 11 is 0. The van der Waals surface area contributed by atoms with Crippen LogP contribution < -0.4 is 15.5 Å². The zero-order chi connectivity index (χ0) is 19.1. The van der Waals surface area contributed by atoms with Gasteiger partial charge in [0, 0.05) is 6.42 Å². The minimum absolute atomic E-state index is 0.214. The van der Waals surface area contributed by atoms with E-state index >= 15 is 0 Å². The average Bonchev–Trinajstić information content (AvgIpc) is 3.02. The van der Waals surface area contributed by atoms with Gasteiger partial charge in [-0.3, -0.25) is 19.3 Å². The molecule has 0 bridgehead atoms. The van der Waals surface area contributed by atoms with Gasteiger partial charge >= 0.3 is 5.97 Å². The number of hydrogen-bond acceptors (Lipinski definition) is 5. The van der Waals surface area contributed by atoms with Crippen molar-refractivity contribution in [2.75, 3.05) is 10.2 Å². The highest BCUT2D eigenvalue weighted by Crippen LogP contribution is 2.37. The van der Waals surface area contributed by atoms with Crippen LogP contribution in [0.3, 0.4) is 0 Å². The third kappa shape index (κ3) is 3.02. The summed E-state index contributed by atoms with van der Waals surface area (Å²) in [6, 6.07) is 6.21. The molecule has 3 rings (SSSR count). The van der Waals surface area contributed by atoms with Crippen molar-refractivity contribution in [3.63, 3.8) is 0 Å². The van der Waals surface area contributed by atoms with Crippen LogP contribution in [0.1, 0.15) is 33.6 Å². The number of esters is 1. The highest BCUT2D eigenvalue weighted by atomic mass is 16.5. The monoisotopic (exact) mass is 359 g/mol. The average molecular weight is 359 g/mol. The van der Waals surface area contributed by atoms with Crippen molar-refractivity contribution in [2.45, 2.75) is 51.3 Å². The van der Waals surface area contributed by atoms with Gasteiger partial charge in [-0.15, -0.1) is 0 Å². The molecule has 1 aromatic carbocycles. The predicted octanol–water partition coefficient (Wildman–Crippen LogP) is 0.961. The Kier molecular flexibility index (Phi) is 4.43. The molecule has 0 unspecified atom stereocenters. The van der Waals surface area contributed by atoms with Crippen LogP contribution in [-0.2, 0) is 23.9 Å². The first-order valence-corrected chi connectivity index (χ1v) is 8.46. The number of nitrogens with zero attached hydrogens (tertiary/aromatic N) is 1. The number of anilines is 2. The predicted molar refractivity (Wildman–Crippen MR) is 93.4 cm³/mol. The molecule has 2 heterocycles. The zero-order valence-electron chi connectivity index (χ0n) is 14.9. The molecule has 1 fully saturated rings. The van der Waals surface area contributed by atoms with Gasteiger partial charge in [0.25, 0.3) is 5.91 Å². The van der Waals surface area contributed by atoms with Gasteiger partial charge in [-0.25, -0.2) is 4.79 Å². The molecule has 0 spiro atoms. The van der Waals surface area contributed by atoms with Crippen LogP contribution in [0.4, 0.5) is 11.4 Å². The number of benzene rings is 1. The van der Waals surface area contributed by atoms with Gasteiger partial charge in [-0.2, -0.15) is 0 Å². The number of para-hydroxylation sites is 2. The fourth-order valence-electron chi connectivity index (χ4n) is 3.13. The van der Waals surface area contributed by atoms with Crippen molar-refractivity contribution in [1.29, 1.82) is 0 Å². The Morgan fingerprint density at radius 1 is 1.27 bits per heavy atom. The first-order chi connectivity index (χ1) is 12.2. The van der Waals surface area contributed by atoms with E-state index in [1.54, 1.807) is 38.1 Å². The van der Waals surface area contributed by atoms with E-state index in [2.05, 4.69) is 10.6 Å². The third-order valence-corrected chi connectivity index (χ3v) is 4.65. The second kappa shape index (κ2) is 6.44. The molecule has 0 radical (unpaired) electrons. The molecule has 0 aliphatic carbocycles. The van der Waals surface area contributed by atoms with Crippen molar-refractivity contribution < 1.29 is 23.9 Å². The molecule has 8 heteroatoms. The Hall–Kier alpha value is -2.90. The number of amides is 3. The van der Waals surface area contributed by atoms with Gasteiger partial charge in [0.2, 0.25) is 11.8 Å². The summed E-state index contributed by atoms with van der Waals surface area (Å²) in [4.78, 5) is 50.2. The Morgan fingerprint density at radius 3 is 2.62 bits per heavy atom. The minimum atomic E-state index is -1.15. The van der Waals surface area contributed by atoms with E-state index in [4.69, 9.17) is 4.74 Å². The maximum Gasteiger partial charge on any atom is 0.329 e. The molecule has 2 atom stereocenters. The molecule has 1 saturated heterocycles. The molecule has 1 aromatic rings. The number of rotatable bonds is 3. The number of nitrogens with one attached hydrogen (secondary N) is 2. The minimum Gasteiger partial charge on any atom is -0.451 e. The molecule has 0 aromatic heterocycles. The van der Waals surface area contributed by atoms with E-state index in [9.17, 15) is 19.2 Å². The SMILES string of the molecule is C[C@@H](OC(=O)[C@@H]1CCC(=O)N1)C(=O)N1c2ccccc2NC(=O)C1(C)C. The lowest BCUT2D eigenvalue weighted by Gasteiger charge is -2.42. The fourth-order valence-corrected chi connectivity index (χ4v) is 3.13. The van der Waals surface area contributed by atoms with E-state index in [1.165, 1.54) is 11.8 Å². The van der Waals surface area contributed by atoms with Crippen LogP contribution in [-0.4, -0.2) is 41.4 Å². The molecular formula is C18H21N3O5. The molecule has 26 heavy (non-hydrogen) atoms. The van der Waals surface area contributed by atoms with Crippen LogP contribution >= 0.6 is 0 Å². The van der Waals surface area contributed by atoms with Crippen LogP contribution in [0.5, 0.6) is 0 Å². The summed E-state index contributed by atoms with van der Waals surface area (Å²) in [5, 5.41) is 5.29. The summed E-state index contributed by atoms with van der Waals surface area (Å²) in [6.07, 6.45) is -0.494. The van der Waals surface area contributed by atoms with E-state index in [0.29, 0.717) is 17.8 Å². The molecule has 0 saturated carbocycles. The Labute approximate surface area is 150 Å². The zero-order valence-corrected chi connectivity index (χ0v) is 14.9. The maximum atomic E-state index is 13.0. The van der Waals surface area contributed by atoms with Crippen molar-refractivity contribution in [1.82, 2.24) is 5.32 Å². The Balaban J connectivity index is 1.82. The summed E-state index contributed by atoms with van der Waals surface area (Å²) < 4.78 is 5.26. The van der Waals surface area contributed by atoms with E-state index in [-0.39, 0.29) is 18.2 Å². The summed E-state index contributed by atoms with van der Waals surface area (Å²) in [5.41, 5.74) is -0.0841. The molecule has 2 aliphatic rings. The van der Waals surface area contributed by atoms with Crippen LogP contribution in [0.15, 0.2) is 24.3 Å². The number of hydrogen-bond donors (Lipinski definition) is 2. The number of carbonyl (C=O) groups is 4. The van der Waals surface area contributed by atoms with Crippen molar-refractivity contribution in [3.8, 4) is 0 Å². The molecule has 3 amide bonds. The van der Waals surface area contributed by atoms with E-state index in [0.717, 1.165) is 0 Å². The largest absolute Gasteiger partial charge is 0.451 e. The molecule has 2 N–H and O–H groups in total. The van der Waals surface area contributed by atoms with Gasteiger partial charge in [-0.05, 0) is 39.3 Å². The lowest BCUT2D eigenvalue weighted by Crippen LogP contribution is -2.60. The highest BCUT2D eigenvalue weighted by molar-refractivity contribution is 6.15. The molecule has 2 aliphatic heterocycles. The van der Waals surface area contributed by atoms with Gasteiger partial charge in [-0.1, -0.05) is 12.1 Å². The lowest BCUT2D eigenvalue weighted by molar-refractivity contribution is -0.156. The van der Waals surface area contributed by atoms with E-state index < -0.39 is 29.6 Å². The molecular weight excluding hydrogens is 338 g/mol. The summed E-state index contributed by atoms with van der Waals surface area (Å²) in [5.74, 6) is -1.70. The molecule has 138 valence electrons. The Morgan fingerprint density at radius 2 is 1.96 bits per heavy atom. The smallest absolute Gasteiger partial charge is 0.329 e. The topological polar surface area (TPSA) is 105 Å². The molecule has 8 nitrogen and oxygen atoms in total. The van der Waals surface area contributed by atoms with E-state index in [1.807, 2.05) is 0 Å². The first-order valence-electron chi connectivity index (χ1n) is 8.46. The third-order valence-electron chi connectivity index (χ3n) is 4.65. The second-order valence-electron chi connectivity index (χ2n) is 6.94. The fraction of sp³-hybridized carbons (Fsp3) is 0.444. The van der Waals surface area contributed by atoms with Crippen LogP contribution in [0, 0.1) is 0 Å². The second-order valence-corrected chi connectivity index (χ2v) is 6.94. The maximum absolute atomic E-state index is 13.0. The Bertz CT molecular complexity index is 789. The van der Waals surface area contributed by atoms with Gasteiger partial charge in [0.1, 0.15) is 11.6 Å². The van der Waals surface area contributed by atoms with Gasteiger partial charge < -0.3 is 15.4 Å². The lowest BCUT2D eigenvalue weighted by atomic mass is 9.95. The highest BCUT2D eigenvalue weighted by Gasteiger charge is 2.45. The quantitative estimate of drug-likeness (QED) is 0.782.